The first-order valence-electron chi connectivity index (χ1n) is 8.27. The molecule has 0 saturated carbocycles. The fourth-order valence-electron chi connectivity index (χ4n) is 2.82. The Morgan fingerprint density at radius 3 is 2.46 bits per heavy atom. The van der Waals surface area contributed by atoms with E-state index in [1.165, 1.54) is 4.31 Å². The summed E-state index contributed by atoms with van der Waals surface area (Å²) in [6.07, 6.45) is 0. The zero-order valence-electron chi connectivity index (χ0n) is 14.4. The summed E-state index contributed by atoms with van der Waals surface area (Å²) < 4.78 is 32.6. The lowest BCUT2D eigenvalue weighted by atomic mass is 10.1. The highest BCUT2D eigenvalue weighted by Gasteiger charge is 2.34. The van der Waals surface area contributed by atoms with Crippen molar-refractivity contribution in [3.8, 4) is 17.5 Å². The van der Waals surface area contributed by atoms with Crippen LogP contribution < -0.4 is 0 Å². The van der Waals surface area contributed by atoms with Crippen molar-refractivity contribution < 1.29 is 17.9 Å². The third-order valence-corrected chi connectivity index (χ3v) is 6.11. The Hall–Kier alpha value is -2.25. The number of hydrogen-bond donors (Lipinski definition) is 1. The molecule has 3 rings (SSSR count). The molecule has 9 heteroatoms. The molecular weight excluding hydrogens is 356 g/mol. The summed E-state index contributed by atoms with van der Waals surface area (Å²) in [5.74, 6) is 0.110. The molecular formula is C17H20N4O4S. The van der Waals surface area contributed by atoms with Crippen molar-refractivity contribution in [3.05, 3.63) is 35.5 Å². The predicted molar refractivity (Wildman–Crippen MR) is 93.7 cm³/mol. The number of aryl methyl sites for hydroxylation is 1. The van der Waals surface area contributed by atoms with E-state index in [1.54, 1.807) is 12.1 Å². The number of aliphatic hydroxyl groups excluding tert-OH is 1. The Balaban J connectivity index is 1.88. The van der Waals surface area contributed by atoms with Crippen LogP contribution in [0.5, 0.6) is 0 Å². The van der Waals surface area contributed by atoms with Gasteiger partial charge >= 0.3 is 0 Å². The van der Waals surface area contributed by atoms with Crippen molar-refractivity contribution in [2.45, 2.75) is 12.0 Å². The normalized spacial score (nSPS) is 16.5. The Morgan fingerprint density at radius 1 is 1.23 bits per heavy atom. The number of piperazine rings is 1. The summed E-state index contributed by atoms with van der Waals surface area (Å²) in [7, 11) is -3.95. The lowest BCUT2D eigenvalue weighted by Crippen LogP contribution is -2.49. The molecule has 1 aromatic carbocycles. The van der Waals surface area contributed by atoms with Gasteiger partial charge in [-0.15, -0.1) is 0 Å². The third kappa shape index (κ3) is 3.64. The van der Waals surface area contributed by atoms with Gasteiger partial charge in [0.2, 0.25) is 5.89 Å². The van der Waals surface area contributed by atoms with Crippen molar-refractivity contribution in [2.75, 3.05) is 39.3 Å². The quantitative estimate of drug-likeness (QED) is 0.822. The Labute approximate surface area is 152 Å². The minimum absolute atomic E-state index is 0.0351. The van der Waals surface area contributed by atoms with E-state index >= 15 is 0 Å². The second-order valence-electron chi connectivity index (χ2n) is 6.10. The summed E-state index contributed by atoms with van der Waals surface area (Å²) in [5, 5.41) is 17.9. The fraction of sp³-hybridized carbons (Fsp3) is 0.412. The first kappa shape index (κ1) is 18.5. The average Bonchev–Trinajstić information content (AvgIpc) is 3.08. The van der Waals surface area contributed by atoms with Crippen molar-refractivity contribution in [3.63, 3.8) is 0 Å². The fourth-order valence-corrected chi connectivity index (χ4v) is 4.22. The molecule has 0 bridgehead atoms. The lowest BCUT2D eigenvalue weighted by Gasteiger charge is -2.32. The van der Waals surface area contributed by atoms with Gasteiger partial charge in [0.05, 0.1) is 6.61 Å². The van der Waals surface area contributed by atoms with E-state index in [1.807, 2.05) is 30.0 Å². The molecule has 0 radical (unpaired) electrons. The predicted octanol–water partition coefficient (Wildman–Crippen LogP) is 0.820. The highest BCUT2D eigenvalue weighted by Crippen LogP contribution is 2.27. The van der Waals surface area contributed by atoms with Gasteiger partial charge in [0.1, 0.15) is 6.07 Å². The molecule has 8 nitrogen and oxygen atoms in total. The number of nitriles is 1. The van der Waals surface area contributed by atoms with E-state index in [0.29, 0.717) is 25.2 Å². The van der Waals surface area contributed by atoms with Crippen LogP contribution in [0, 0.1) is 18.3 Å². The minimum atomic E-state index is -3.95. The minimum Gasteiger partial charge on any atom is -0.422 e. The zero-order chi connectivity index (χ0) is 18.7. The summed E-state index contributed by atoms with van der Waals surface area (Å²) in [4.78, 5) is 6.04. The maximum atomic E-state index is 12.9. The second kappa shape index (κ2) is 7.55. The average molecular weight is 376 g/mol. The first-order chi connectivity index (χ1) is 12.5. The number of aromatic nitrogens is 1. The van der Waals surface area contributed by atoms with Crippen LogP contribution >= 0.6 is 0 Å². The van der Waals surface area contributed by atoms with Gasteiger partial charge in [-0.1, -0.05) is 17.7 Å². The molecule has 0 unspecified atom stereocenters. The lowest BCUT2D eigenvalue weighted by molar-refractivity contribution is 0.150. The standard InChI is InChI=1S/C17H20N4O4S/c1-13-2-4-14(5-3-13)16-19-15(12-18)17(25-16)26(23,24)21-8-6-20(7-9-21)10-11-22/h2-5,22H,6-11H2,1H3. The molecule has 26 heavy (non-hydrogen) atoms. The molecule has 138 valence electrons. The molecule has 0 spiro atoms. The van der Waals surface area contributed by atoms with E-state index < -0.39 is 15.1 Å². The van der Waals surface area contributed by atoms with Gasteiger partial charge in [0.15, 0.2) is 5.69 Å². The summed E-state index contributed by atoms with van der Waals surface area (Å²) in [6.45, 7) is 4.06. The van der Waals surface area contributed by atoms with Crippen molar-refractivity contribution in [1.82, 2.24) is 14.2 Å². The molecule has 2 aromatic rings. The molecule has 1 aromatic heterocycles. The zero-order valence-corrected chi connectivity index (χ0v) is 15.2. The maximum Gasteiger partial charge on any atom is 0.279 e. The molecule has 1 N–H and O–H groups in total. The number of aliphatic hydroxyl groups is 1. The van der Waals surface area contributed by atoms with E-state index in [-0.39, 0.29) is 31.3 Å². The van der Waals surface area contributed by atoms with Crippen molar-refractivity contribution in [2.24, 2.45) is 0 Å². The molecule has 0 aliphatic carbocycles. The van der Waals surface area contributed by atoms with Crippen LogP contribution in [-0.4, -0.2) is 67.0 Å². The molecule has 1 aliphatic rings. The van der Waals surface area contributed by atoms with Gasteiger partial charge in [0.25, 0.3) is 15.1 Å². The van der Waals surface area contributed by atoms with Gasteiger partial charge in [-0.2, -0.15) is 14.6 Å². The Kier molecular flexibility index (Phi) is 5.38. The topological polar surface area (TPSA) is 111 Å². The second-order valence-corrected chi connectivity index (χ2v) is 7.94. The molecule has 0 amide bonds. The SMILES string of the molecule is Cc1ccc(-c2nc(C#N)c(S(=O)(=O)N3CCN(CCO)CC3)o2)cc1. The van der Waals surface area contributed by atoms with Crippen LogP contribution in [0.3, 0.4) is 0 Å². The van der Waals surface area contributed by atoms with Gasteiger partial charge < -0.3 is 9.52 Å². The molecule has 0 atom stereocenters. The van der Waals surface area contributed by atoms with Crippen LogP contribution in [-0.2, 0) is 10.0 Å². The van der Waals surface area contributed by atoms with E-state index in [2.05, 4.69) is 4.98 Å². The van der Waals surface area contributed by atoms with Crippen LogP contribution in [0.1, 0.15) is 11.3 Å². The summed E-state index contributed by atoms with van der Waals surface area (Å²) >= 11 is 0. The first-order valence-corrected chi connectivity index (χ1v) is 9.71. The molecule has 1 saturated heterocycles. The van der Waals surface area contributed by atoms with E-state index in [0.717, 1.165) is 5.56 Å². The number of benzene rings is 1. The van der Waals surface area contributed by atoms with Crippen molar-refractivity contribution >= 4 is 10.0 Å². The van der Waals surface area contributed by atoms with Crippen LogP contribution in [0.4, 0.5) is 0 Å². The van der Waals surface area contributed by atoms with E-state index in [9.17, 15) is 13.7 Å². The number of nitrogens with zero attached hydrogens (tertiary/aromatic N) is 4. The van der Waals surface area contributed by atoms with Gasteiger partial charge in [-0.3, -0.25) is 4.90 Å². The Morgan fingerprint density at radius 2 is 1.88 bits per heavy atom. The van der Waals surface area contributed by atoms with Crippen LogP contribution in [0.15, 0.2) is 33.8 Å². The number of oxazole rings is 1. The van der Waals surface area contributed by atoms with Crippen LogP contribution in [0.25, 0.3) is 11.5 Å². The number of β-amino-alcohol motifs (C(OH)–C–C–N with tert-alkyl or cyclic N) is 1. The third-order valence-electron chi connectivity index (χ3n) is 4.32. The smallest absolute Gasteiger partial charge is 0.279 e. The van der Waals surface area contributed by atoms with E-state index in [4.69, 9.17) is 9.52 Å². The summed E-state index contributed by atoms with van der Waals surface area (Å²) in [5.41, 5.74) is 1.43. The Bertz CT molecular complexity index is 907. The highest BCUT2D eigenvalue weighted by atomic mass is 32.2. The van der Waals surface area contributed by atoms with Gasteiger partial charge in [-0.25, -0.2) is 8.42 Å². The molecule has 1 fully saturated rings. The number of rotatable bonds is 5. The maximum absolute atomic E-state index is 12.9. The summed E-state index contributed by atoms with van der Waals surface area (Å²) in [6, 6.07) is 9.08. The largest absolute Gasteiger partial charge is 0.422 e. The van der Waals surface area contributed by atoms with Gasteiger partial charge in [-0.05, 0) is 19.1 Å². The van der Waals surface area contributed by atoms with Gasteiger partial charge in [0, 0.05) is 38.3 Å². The van der Waals surface area contributed by atoms with Crippen molar-refractivity contribution in [1.29, 1.82) is 5.26 Å². The number of sulfonamides is 1. The molecule has 2 heterocycles. The van der Waals surface area contributed by atoms with Crippen LogP contribution in [0.2, 0.25) is 0 Å². The monoisotopic (exact) mass is 376 g/mol. The number of hydrogen-bond acceptors (Lipinski definition) is 7. The molecule has 1 aliphatic heterocycles. The highest BCUT2D eigenvalue weighted by molar-refractivity contribution is 7.89.